The molecular weight excluding hydrogens is 262 g/mol. The summed E-state index contributed by atoms with van der Waals surface area (Å²) in [5, 5.41) is 12.0. The second kappa shape index (κ2) is 6.50. The van der Waals surface area contributed by atoms with E-state index in [1.807, 2.05) is 38.1 Å². The molecule has 0 aliphatic rings. The van der Waals surface area contributed by atoms with Crippen molar-refractivity contribution in [3.05, 3.63) is 46.6 Å². The number of ether oxygens (including phenoxy) is 1. The smallest absolute Gasteiger partial charge is 0.238 e. The first-order valence-electron chi connectivity index (χ1n) is 6.16. The van der Waals surface area contributed by atoms with Gasteiger partial charge in [-0.25, -0.2) is 0 Å². The van der Waals surface area contributed by atoms with Gasteiger partial charge in [0.15, 0.2) is 0 Å². The molecule has 0 aliphatic carbocycles. The summed E-state index contributed by atoms with van der Waals surface area (Å²) in [7, 11) is 0. The Labute approximate surface area is 117 Å². The van der Waals surface area contributed by atoms with Gasteiger partial charge in [0.05, 0.1) is 5.69 Å². The van der Waals surface area contributed by atoms with Gasteiger partial charge in [0, 0.05) is 17.6 Å². The van der Waals surface area contributed by atoms with Gasteiger partial charge < -0.3 is 10.1 Å². The van der Waals surface area contributed by atoms with Crippen LogP contribution in [0.25, 0.3) is 0 Å². The standard InChI is InChI=1S/C14H16ClN3O/c1-3-16-9-12-5-7-14(18-17-12)19-13-6-4-11(15)8-10(13)2/h4-8,16H,3,9H2,1-2H3. The first-order chi connectivity index (χ1) is 9.19. The molecule has 0 atom stereocenters. The van der Waals surface area contributed by atoms with Crippen molar-refractivity contribution in [3.8, 4) is 11.6 Å². The topological polar surface area (TPSA) is 47.0 Å². The van der Waals surface area contributed by atoms with E-state index in [0.717, 1.165) is 23.6 Å². The summed E-state index contributed by atoms with van der Waals surface area (Å²) in [5.74, 6) is 1.21. The number of nitrogens with one attached hydrogen (secondary N) is 1. The van der Waals surface area contributed by atoms with Crippen LogP contribution in [0.2, 0.25) is 5.02 Å². The lowest BCUT2D eigenvalue weighted by molar-refractivity contribution is 0.450. The largest absolute Gasteiger partial charge is 0.437 e. The van der Waals surface area contributed by atoms with Crippen LogP contribution >= 0.6 is 11.6 Å². The van der Waals surface area contributed by atoms with Gasteiger partial charge in [0.25, 0.3) is 0 Å². The Morgan fingerprint density at radius 3 is 2.68 bits per heavy atom. The highest BCUT2D eigenvalue weighted by Gasteiger charge is 2.04. The lowest BCUT2D eigenvalue weighted by Gasteiger charge is -2.08. The van der Waals surface area contributed by atoms with Crippen molar-refractivity contribution in [1.82, 2.24) is 15.5 Å². The molecule has 19 heavy (non-hydrogen) atoms. The molecule has 1 aromatic carbocycles. The average Bonchev–Trinajstić information content (AvgIpc) is 2.41. The van der Waals surface area contributed by atoms with Crippen molar-refractivity contribution in [2.24, 2.45) is 0 Å². The van der Waals surface area contributed by atoms with Crippen molar-refractivity contribution in [2.75, 3.05) is 6.54 Å². The van der Waals surface area contributed by atoms with Crippen molar-refractivity contribution < 1.29 is 4.74 Å². The van der Waals surface area contributed by atoms with Gasteiger partial charge in [-0.15, -0.1) is 5.10 Å². The molecule has 0 radical (unpaired) electrons. The third kappa shape index (κ3) is 3.91. The fraction of sp³-hybridized carbons (Fsp3) is 0.286. The zero-order valence-electron chi connectivity index (χ0n) is 11.0. The van der Waals surface area contributed by atoms with Gasteiger partial charge in [-0.05, 0) is 43.3 Å². The molecule has 2 rings (SSSR count). The highest BCUT2D eigenvalue weighted by atomic mass is 35.5. The summed E-state index contributed by atoms with van der Waals surface area (Å²) in [4.78, 5) is 0. The Kier molecular flexibility index (Phi) is 4.71. The van der Waals surface area contributed by atoms with E-state index in [1.165, 1.54) is 0 Å². The van der Waals surface area contributed by atoms with Gasteiger partial charge in [-0.1, -0.05) is 18.5 Å². The summed E-state index contributed by atoms with van der Waals surface area (Å²) >= 11 is 5.90. The van der Waals surface area contributed by atoms with E-state index in [0.29, 0.717) is 17.4 Å². The molecule has 0 spiro atoms. The number of aromatic nitrogens is 2. The quantitative estimate of drug-likeness (QED) is 0.910. The second-order valence-corrected chi connectivity index (χ2v) is 4.59. The SMILES string of the molecule is CCNCc1ccc(Oc2ccc(Cl)cc2C)nn1. The first-order valence-corrected chi connectivity index (χ1v) is 6.54. The molecular formula is C14H16ClN3O. The lowest BCUT2D eigenvalue weighted by Crippen LogP contribution is -2.13. The predicted molar refractivity (Wildman–Crippen MR) is 75.7 cm³/mol. The minimum Gasteiger partial charge on any atom is -0.437 e. The number of hydrogen-bond acceptors (Lipinski definition) is 4. The van der Waals surface area contributed by atoms with Crippen LogP contribution in [0.15, 0.2) is 30.3 Å². The van der Waals surface area contributed by atoms with Crippen LogP contribution in [0.3, 0.4) is 0 Å². The normalized spacial score (nSPS) is 10.5. The molecule has 0 unspecified atom stereocenters. The maximum atomic E-state index is 5.90. The third-order valence-corrected chi connectivity index (χ3v) is 2.84. The number of rotatable bonds is 5. The van der Waals surface area contributed by atoms with E-state index in [2.05, 4.69) is 15.5 Å². The fourth-order valence-electron chi connectivity index (χ4n) is 1.59. The Bertz CT molecular complexity index is 543. The Morgan fingerprint density at radius 1 is 1.21 bits per heavy atom. The number of aryl methyl sites for hydroxylation is 1. The molecule has 0 bridgehead atoms. The molecule has 1 aromatic heterocycles. The molecule has 100 valence electrons. The molecule has 0 amide bonds. The van der Waals surface area contributed by atoms with Crippen LogP contribution in [-0.2, 0) is 6.54 Å². The fourth-order valence-corrected chi connectivity index (χ4v) is 1.82. The Morgan fingerprint density at radius 2 is 2.05 bits per heavy atom. The first kappa shape index (κ1) is 13.8. The molecule has 4 nitrogen and oxygen atoms in total. The monoisotopic (exact) mass is 277 g/mol. The van der Waals surface area contributed by atoms with Gasteiger partial charge in [0.2, 0.25) is 5.88 Å². The third-order valence-electron chi connectivity index (χ3n) is 2.60. The van der Waals surface area contributed by atoms with E-state index in [4.69, 9.17) is 16.3 Å². The summed E-state index contributed by atoms with van der Waals surface area (Å²) < 4.78 is 5.67. The maximum absolute atomic E-state index is 5.90. The molecule has 1 heterocycles. The highest BCUT2D eigenvalue weighted by molar-refractivity contribution is 6.30. The van der Waals surface area contributed by atoms with E-state index >= 15 is 0 Å². The Hall–Kier alpha value is -1.65. The van der Waals surface area contributed by atoms with E-state index < -0.39 is 0 Å². The van der Waals surface area contributed by atoms with Gasteiger partial charge in [-0.2, -0.15) is 5.10 Å². The summed E-state index contributed by atoms with van der Waals surface area (Å²) in [6.45, 7) is 5.61. The number of hydrogen-bond donors (Lipinski definition) is 1. The molecule has 0 aliphatic heterocycles. The maximum Gasteiger partial charge on any atom is 0.238 e. The van der Waals surface area contributed by atoms with Crippen LogP contribution in [-0.4, -0.2) is 16.7 Å². The molecule has 0 saturated carbocycles. The van der Waals surface area contributed by atoms with Gasteiger partial charge in [0.1, 0.15) is 5.75 Å². The van der Waals surface area contributed by atoms with Crippen LogP contribution in [0.5, 0.6) is 11.6 Å². The highest BCUT2D eigenvalue weighted by Crippen LogP contribution is 2.25. The van der Waals surface area contributed by atoms with Gasteiger partial charge >= 0.3 is 0 Å². The van der Waals surface area contributed by atoms with Crippen molar-refractivity contribution in [2.45, 2.75) is 20.4 Å². The summed E-state index contributed by atoms with van der Waals surface area (Å²) in [5.41, 5.74) is 1.85. The van der Waals surface area contributed by atoms with Crippen molar-refractivity contribution in [1.29, 1.82) is 0 Å². The Balaban J connectivity index is 2.06. The average molecular weight is 278 g/mol. The lowest BCUT2D eigenvalue weighted by atomic mass is 10.2. The van der Waals surface area contributed by atoms with Crippen LogP contribution in [0, 0.1) is 6.92 Å². The molecule has 0 fully saturated rings. The molecule has 1 N–H and O–H groups in total. The van der Waals surface area contributed by atoms with Crippen molar-refractivity contribution >= 4 is 11.6 Å². The zero-order valence-corrected chi connectivity index (χ0v) is 11.7. The zero-order chi connectivity index (χ0) is 13.7. The van der Waals surface area contributed by atoms with Crippen molar-refractivity contribution in [3.63, 3.8) is 0 Å². The number of nitrogens with zero attached hydrogens (tertiary/aromatic N) is 2. The molecule has 5 heteroatoms. The van der Waals surface area contributed by atoms with Crippen LogP contribution < -0.4 is 10.1 Å². The molecule has 0 saturated heterocycles. The van der Waals surface area contributed by atoms with Crippen LogP contribution in [0.1, 0.15) is 18.2 Å². The number of benzene rings is 1. The second-order valence-electron chi connectivity index (χ2n) is 4.16. The summed E-state index contributed by atoms with van der Waals surface area (Å²) in [6.07, 6.45) is 0. The predicted octanol–water partition coefficient (Wildman–Crippen LogP) is 3.34. The minimum atomic E-state index is 0.477. The number of halogens is 1. The van der Waals surface area contributed by atoms with E-state index in [1.54, 1.807) is 6.07 Å². The van der Waals surface area contributed by atoms with E-state index in [9.17, 15) is 0 Å². The molecule has 2 aromatic rings. The summed E-state index contributed by atoms with van der Waals surface area (Å²) in [6, 6.07) is 9.18. The van der Waals surface area contributed by atoms with Gasteiger partial charge in [-0.3, -0.25) is 0 Å². The van der Waals surface area contributed by atoms with E-state index in [-0.39, 0.29) is 0 Å². The van der Waals surface area contributed by atoms with Crippen LogP contribution in [0.4, 0.5) is 0 Å². The minimum absolute atomic E-state index is 0.477.